The summed E-state index contributed by atoms with van der Waals surface area (Å²) in [5.41, 5.74) is 2.01. The third kappa shape index (κ3) is 2.69. The minimum absolute atomic E-state index is 0.179. The standard InChI is InChI=1S/C19H18N2O3/c1-4-17(22)24-16-11-7-9-14-18(16)20-13(3)21(19(14)23)15-10-6-5-8-12(15)2/h5-11H,4H2,1-3H3. The Kier molecular flexibility index (Phi) is 4.16. The molecule has 1 heterocycles. The topological polar surface area (TPSA) is 61.2 Å². The number of aryl methyl sites for hydroxylation is 2. The van der Waals surface area contributed by atoms with E-state index in [9.17, 15) is 9.59 Å². The summed E-state index contributed by atoms with van der Waals surface area (Å²) in [6.45, 7) is 5.44. The Bertz CT molecular complexity index is 990. The van der Waals surface area contributed by atoms with Gasteiger partial charge in [0.1, 0.15) is 11.3 Å². The zero-order chi connectivity index (χ0) is 17.3. The molecule has 0 amide bonds. The first-order chi connectivity index (χ1) is 11.5. The van der Waals surface area contributed by atoms with Gasteiger partial charge in [-0.15, -0.1) is 0 Å². The van der Waals surface area contributed by atoms with Crippen molar-refractivity contribution in [3.05, 3.63) is 64.2 Å². The van der Waals surface area contributed by atoms with E-state index in [0.717, 1.165) is 11.3 Å². The third-order valence-corrected chi connectivity index (χ3v) is 3.90. The van der Waals surface area contributed by atoms with E-state index in [1.54, 1.807) is 36.6 Å². The van der Waals surface area contributed by atoms with Crippen LogP contribution < -0.4 is 10.3 Å². The second kappa shape index (κ2) is 6.28. The van der Waals surface area contributed by atoms with Crippen molar-refractivity contribution in [1.29, 1.82) is 0 Å². The van der Waals surface area contributed by atoms with E-state index in [1.807, 2.05) is 31.2 Å². The second-order valence-corrected chi connectivity index (χ2v) is 5.57. The SMILES string of the molecule is CCC(=O)Oc1cccc2c(=O)n(-c3ccccc3C)c(C)nc12. The Morgan fingerprint density at radius 1 is 1.12 bits per heavy atom. The zero-order valence-corrected chi connectivity index (χ0v) is 13.9. The average molecular weight is 322 g/mol. The molecular weight excluding hydrogens is 304 g/mol. The van der Waals surface area contributed by atoms with Crippen LogP contribution in [0.3, 0.4) is 0 Å². The van der Waals surface area contributed by atoms with Crippen LogP contribution in [0.5, 0.6) is 5.75 Å². The van der Waals surface area contributed by atoms with Gasteiger partial charge in [-0.1, -0.05) is 31.2 Å². The van der Waals surface area contributed by atoms with Crippen molar-refractivity contribution in [3.63, 3.8) is 0 Å². The van der Waals surface area contributed by atoms with Gasteiger partial charge >= 0.3 is 5.97 Å². The van der Waals surface area contributed by atoms with Crippen molar-refractivity contribution in [2.45, 2.75) is 27.2 Å². The first-order valence-corrected chi connectivity index (χ1v) is 7.82. The van der Waals surface area contributed by atoms with Crippen LogP contribution in [0.1, 0.15) is 24.7 Å². The first kappa shape index (κ1) is 15.9. The van der Waals surface area contributed by atoms with Gasteiger partial charge in [-0.2, -0.15) is 0 Å². The van der Waals surface area contributed by atoms with Gasteiger partial charge in [0.25, 0.3) is 5.56 Å². The molecule has 0 aliphatic rings. The Morgan fingerprint density at radius 3 is 2.58 bits per heavy atom. The molecule has 5 heteroatoms. The fourth-order valence-electron chi connectivity index (χ4n) is 2.66. The number of fused-ring (bicyclic) bond motifs is 1. The zero-order valence-electron chi connectivity index (χ0n) is 13.9. The highest BCUT2D eigenvalue weighted by atomic mass is 16.5. The molecule has 0 spiro atoms. The highest BCUT2D eigenvalue weighted by Crippen LogP contribution is 2.23. The average Bonchev–Trinajstić information content (AvgIpc) is 2.57. The second-order valence-electron chi connectivity index (χ2n) is 5.57. The number of aromatic nitrogens is 2. The quantitative estimate of drug-likeness (QED) is 0.548. The van der Waals surface area contributed by atoms with Gasteiger partial charge in [0.05, 0.1) is 11.1 Å². The molecule has 0 aliphatic heterocycles. The third-order valence-electron chi connectivity index (χ3n) is 3.90. The van der Waals surface area contributed by atoms with Crippen LogP contribution >= 0.6 is 0 Å². The molecule has 5 nitrogen and oxygen atoms in total. The Balaban J connectivity index is 2.28. The molecule has 0 unspecified atom stereocenters. The van der Waals surface area contributed by atoms with Crippen LogP contribution in [-0.4, -0.2) is 15.5 Å². The van der Waals surface area contributed by atoms with Crippen molar-refractivity contribution in [3.8, 4) is 11.4 Å². The minimum Gasteiger partial charge on any atom is -0.424 e. The number of benzene rings is 2. The van der Waals surface area contributed by atoms with Crippen molar-refractivity contribution in [1.82, 2.24) is 9.55 Å². The molecule has 0 fully saturated rings. The number of hydrogen-bond acceptors (Lipinski definition) is 4. The maximum absolute atomic E-state index is 13.0. The monoisotopic (exact) mass is 322 g/mol. The highest BCUT2D eigenvalue weighted by molar-refractivity contribution is 5.86. The molecular formula is C19H18N2O3. The van der Waals surface area contributed by atoms with Crippen molar-refractivity contribution < 1.29 is 9.53 Å². The number of hydrogen-bond donors (Lipinski definition) is 0. The van der Waals surface area contributed by atoms with E-state index in [0.29, 0.717) is 22.5 Å². The maximum Gasteiger partial charge on any atom is 0.310 e. The van der Waals surface area contributed by atoms with Crippen molar-refractivity contribution in [2.75, 3.05) is 0 Å². The maximum atomic E-state index is 13.0. The predicted molar refractivity (Wildman–Crippen MR) is 92.7 cm³/mol. The summed E-state index contributed by atoms with van der Waals surface area (Å²) in [6.07, 6.45) is 0.260. The van der Waals surface area contributed by atoms with Crippen LogP contribution in [0.4, 0.5) is 0 Å². The molecule has 3 rings (SSSR count). The summed E-state index contributed by atoms with van der Waals surface area (Å²) in [5.74, 6) is 0.503. The van der Waals surface area contributed by atoms with Crippen molar-refractivity contribution in [2.24, 2.45) is 0 Å². The molecule has 3 aromatic rings. The summed E-state index contributed by atoms with van der Waals surface area (Å²) < 4.78 is 6.89. The van der Waals surface area contributed by atoms with Crippen molar-refractivity contribution >= 4 is 16.9 Å². The van der Waals surface area contributed by atoms with E-state index in [1.165, 1.54) is 0 Å². The molecule has 24 heavy (non-hydrogen) atoms. The fourth-order valence-corrected chi connectivity index (χ4v) is 2.66. The van der Waals surface area contributed by atoms with Gasteiger partial charge in [0.15, 0.2) is 5.75 Å². The Labute approximate surface area is 139 Å². The molecule has 0 radical (unpaired) electrons. The lowest BCUT2D eigenvalue weighted by Gasteiger charge is -2.14. The first-order valence-electron chi connectivity index (χ1n) is 7.82. The summed E-state index contributed by atoms with van der Waals surface area (Å²) >= 11 is 0. The molecule has 122 valence electrons. The van der Waals surface area contributed by atoms with Crippen LogP contribution in [-0.2, 0) is 4.79 Å². The van der Waals surface area contributed by atoms with Gasteiger partial charge in [-0.3, -0.25) is 14.2 Å². The number of para-hydroxylation sites is 2. The lowest BCUT2D eigenvalue weighted by atomic mass is 10.1. The Hall–Kier alpha value is -2.95. The fraction of sp³-hybridized carbons (Fsp3) is 0.211. The van der Waals surface area contributed by atoms with Crippen LogP contribution in [0, 0.1) is 13.8 Å². The number of carbonyl (C=O) groups excluding carboxylic acids is 1. The molecule has 0 saturated carbocycles. The van der Waals surface area contributed by atoms with E-state index >= 15 is 0 Å². The van der Waals surface area contributed by atoms with E-state index in [-0.39, 0.29) is 17.9 Å². The summed E-state index contributed by atoms with van der Waals surface area (Å²) in [5, 5.41) is 0.422. The summed E-state index contributed by atoms with van der Waals surface area (Å²) in [6, 6.07) is 12.7. The molecule has 0 saturated heterocycles. The van der Waals surface area contributed by atoms with Gasteiger partial charge < -0.3 is 4.74 Å². The van der Waals surface area contributed by atoms with E-state index < -0.39 is 0 Å². The van der Waals surface area contributed by atoms with Crippen LogP contribution in [0.2, 0.25) is 0 Å². The molecule has 0 aliphatic carbocycles. The molecule has 0 N–H and O–H groups in total. The van der Waals surface area contributed by atoms with Gasteiger partial charge in [0.2, 0.25) is 0 Å². The summed E-state index contributed by atoms with van der Waals surface area (Å²) in [4.78, 5) is 29.1. The number of carbonyl (C=O) groups is 1. The van der Waals surface area contributed by atoms with Gasteiger partial charge in [-0.05, 0) is 37.6 Å². The minimum atomic E-state index is -0.356. The van der Waals surface area contributed by atoms with Crippen LogP contribution in [0.25, 0.3) is 16.6 Å². The smallest absolute Gasteiger partial charge is 0.310 e. The number of nitrogens with zero attached hydrogens (tertiary/aromatic N) is 2. The van der Waals surface area contributed by atoms with Gasteiger partial charge in [0, 0.05) is 6.42 Å². The van der Waals surface area contributed by atoms with Gasteiger partial charge in [-0.25, -0.2) is 4.98 Å². The Morgan fingerprint density at radius 2 is 1.88 bits per heavy atom. The molecule has 0 bridgehead atoms. The highest BCUT2D eigenvalue weighted by Gasteiger charge is 2.15. The number of ether oxygens (including phenoxy) is 1. The number of rotatable bonds is 3. The normalized spacial score (nSPS) is 10.8. The largest absolute Gasteiger partial charge is 0.424 e. The summed E-state index contributed by atoms with van der Waals surface area (Å²) in [7, 11) is 0. The lowest BCUT2D eigenvalue weighted by molar-refractivity contribution is -0.133. The van der Waals surface area contributed by atoms with Crippen LogP contribution in [0.15, 0.2) is 47.3 Å². The molecule has 0 atom stereocenters. The van der Waals surface area contributed by atoms with E-state index in [4.69, 9.17) is 4.74 Å². The predicted octanol–water partition coefficient (Wildman–Crippen LogP) is 3.32. The molecule has 2 aromatic carbocycles. The lowest BCUT2D eigenvalue weighted by Crippen LogP contribution is -2.23. The van der Waals surface area contributed by atoms with E-state index in [2.05, 4.69) is 4.98 Å². The molecule has 1 aromatic heterocycles. The number of esters is 1.